The van der Waals surface area contributed by atoms with Crippen molar-refractivity contribution in [2.75, 3.05) is 14.2 Å². The van der Waals surface area contributed by atoms with Crippen LogP contribution in [0.25, 0.3) is 0 Å². The van der Waals surface area contributed by atoms with Gasteiger partial charge in [-0.1, -0.05) is 13.8 Å². The number of methoxy groups -OCH3 is 2. The fourth-order valence-corrected chi connectivity index (χ4v) is 1.42. The zero-order chi connectivity index (χ0) is 19.3. The number of carboxylic acid groups (broad SMARTS) is 2. The van der Waals surface area contributed by atoms with E-state index in [1.54, 1.807) is 6.92 Å². The van der Waals surface area contributed by atoms with Crippen molar-refractivity contribution in [3.8, 4) is 0 Å². The average molecular weight is 350 g/mol. The molecule has 0 radical (unpaired) electrons. The Balaban J connectivity index is 0. The van der Waals surface area contributed by atoms with Crippen LogP contribution in [0, 0.1) is 5.92 Å². The molecule has 0 aromatic rings. The van der Waals surface area contributed by atoms with E-state index in [0.29, 0.717) is 0 Å². The van der Waals surface area contributed by atoms with Gasteiger partial charge in [0.25, 0.3) is 0 Å². The third kappa shape index (κ3) is 14.4. The van der Waals surface area contributed by atoms with Gasteiger partial charge in [0, 0.05) is 12.1 Å². The van der Waals surface area contributed by atoms with Crippen LogP contribution in [0.4, 0.5) is 9.59 Å². The number of amides is 2. The van der Waals surface area contributed by atoms with E-state index in [0.717, 1.165) is 0 Å². The Morgan fingerprint density at radius 3 is 1.58 bits per heavy atom. The van der Waals surface area contributed by atoms with Gasteiger partial charge in [-0.05, 0) is 12.8 Å². The van der Waals surface area contributed by atoms with Gasteiger partial charge in [-0.3, -0.25) is 9.59 Å². The predicted octanol–water partition coefficient (Wildman–Crippen LogP) is 1.05. The van der Waals surface area contributed by atoms with E-state index in [4.69, 9.17) is 10.2 Å². The number of ether oxygens (including phenoxy) is 2. The summed E-state index contributed by atoms with van der Waals surface area (Å²) in [5.74, 6) is -1.82. The summed E-state index contributed by atoms with van der Waals surface area (Å²) >= 11 is 0. The first-order valence-electron chi connectivity index (χ1n) is 7.15. The number of rotatable bonds is 7. The molecular formula is C14H26N2O8. The molecule has 2 amide bonds. The van der Waals surface area contributed by atoms with Crippen molar-refractivity contribution in [3.05, 3.63) is 0 Å². The van der Waals surface area contributed by atoms with Crippen LogP contribution in [0.1, 0.15) is 33.6 Å². The molecule has 0 spiro atoms. The second kappa shape index (κ2) is 13.0. The van der Waals surface area contributed by atoms with Crippen molar-refractivity contribution in [3.63, 3.8) is 0 Å². The van der Waals surface area contributed by atoms with Crippen LogP contribution in [-0.2, 0) is 19.1 Å². The minimum Gasteiger partial charge on any atom is -0.481 e. The van der Waals surface area contributed by atoms with Crippen molar-refractivity contribution in [1.82, 2.24) is 10.6 Å². The van der Waals surface area contributed by atoms with Crippen molar-refractivity contribution >= 4 is 24.1 Å². The van der Waals surface area contributed by atoms with Gasteiger partial charge in [-0.25, -0.2) is 9.59 Å². The number of carboxylic acids is 2. The van der Waals surface area contributed by atoms with Crippen molar-refractivity contribution < 1.29 is 38.9 Å². The maximum Gasteiger partial charge on any atom is 0.407 e. The van der Waals surface area contributed by atoms with Crippen LogP contribution in [0.2, 0.25) is 0 Å². The monoisotopic (exact) mass is 350 g/mol. The van der Waals surface area contributed by atoms with Crippen molar-refractivity contribution in [1.29, 1.82) is 0 Å². The molecule has 0 aromatic carbocycles. The van der Waals surface area contributed by atoms with Crippen LogP contribution < -0.4 is 10.6 Å². The van der Waals surface area contributed by atoms with Gasteiger partial charge in [0.15, 0.2) is 0 Å². The normalized spacial score (nSPS) is 12.1. The van der Waals surface area contributed by atoms with Crippen LogP contribution in [0.3, 0.4) is 0 Å². The molecule has 0 aromatic heterocycles. The minimum atomic E-state index is -0.950. The molecule has 4 N–H and O–H groups in total. The summed E-state index contributed by atoms with van der Waals surface area (Å²) in [7, 11) is 2.47. The molecule has 24 heavy (non-hydrogen) atoms. The van der Waals surface area contributed by atoms with Gasteiger partial charge in [-0.15, -0.1) is 0 Å². The highest BCUT2D eigenvalue weighted by Gasteiger charge is 2.19. The smallest absolute Gasteiger partial charge is 0.407 e. The number of hydrogen-bond acceptors (Lipinski definition) is 6. The number of aliphatic carboxylic acids is 2. The first-order valence-corrected chi connectivity index (χ1v) is 7.15. The summed E-state index contributed by atoms with van der Waals surface area (Å²) in [6.07, 6.45) is -1.40. The zero-order valence-electron chi connectivity index (χ0n) is 14.5. The molecular weight excluding hydrogens is 324 g/mol. The Hall–Kier alpha value is -2.52. The summed E-state index contributed by atoms with van der Waals surface area (Å²) in [5.41, 5.74) is 0. The Bertz CT molecular complexity index is 425. The molecule has 0 aliphatic rings. The predicted molar refractivity (Wildman–Crippen MR) is 83.7 cm³/mol. The molecule has 10 nitrogen and oxygen atoms in total. The molecule has 2 atom stereocenters. The van der Waals surface area contributed by atoms with Gasteiger partial charge in [-0.2, -0.15) is 0 Å². The third-order valence-electron chi connectivity index (χ3n) is 2.72. The summed E-state index contributed by atoms with van der Waals surface area (Å²) in [4.78, 5) is 41.7. The van der Waals surface area contributed by atoms with E-state index in [1.807, 2.05) is 13.8 Å². The van der Waals surface area contributed by atoms with E-state index in [-0.39, 0.29) is 24.8 Å². The second-order valence-corrected chi connectivity index (χ2v) is 5.22. The fraction of sp³-hybridized carbons (Fsp3) is 0.714. The van der Waals surface area contributed by atoms with Gasteiger partial charge in [0.1, 0.15) is 0 Å². The average Bonchev–Trinajstić information content (AvgIpc) is 2.45. The van der Waals surface area contributed by atoms with E-state index in [9.17, 15) is 19.2 Å². The Morgan fingerprint density at radius 2 is 1.25 bits per heavy atom. The maximum atomic E-state index is 10.8. The Labute approximate surface area is 140 Å². The van der Waals surface area contributed by atoms with Crippen LogP contribution in [-0.4, -0.2) is 60.6 Å². The minimum absolute atomic E-state index is 0.0650. The number of hydrogen-bond donors (Lipinski definition) is 4. The quantitative estimate of drug-likeness (QED) is 0.532. The standard InChI is InChI=1S/C8H15NO4.C6H11NO4/c1-5(2)6(4-7(10)11)9-8(12)13-3;1-4(3-5(8)9)7-6(10)11-2/h5-6H,4H2,1-3H3,(H,9,12)(H,10,11);4H,3H2,1-2H3,(H,7,10)(H,8,9)/t6-;4-/m10/s1. The number of carbonyl (C=O) groups excluding carboxylic acids is 2. The van der Waals surface area contributed by atoms with Gasteiger partial charge >= 0.3 is 24.1 Å². The van der Waals surface area contributed by atoms with E-state index >= 15 is 0 Å². The summed E-state index contributed by atoms with van der Waals surface area (Å²) < 4.78 is 8.63. The first kappa shape index (κ1) is 23.7. The summed E-state index contributed by atoms with van der Waals surface area (Å²) in [6, 6.07) is -0.787. The molecule has 0 aliphatic heterocycles. The number of nitrogens with one attached hydrogen (secondary N) is 2. The Morgan fingerprint density at radius 1 is 0.833 bits per heavy atom. The lowest BCUT2D eigenvalue weighted by Crippen LogP contribution is -2.39. The van der Waals surface area contributed by atoms with E-state index < -0.39 is 30.2 Å². The lowest BCUT2D eigenvalue weighted by atomic mass is 10.0. The lowest BCUT2D eigenvalue weighted by Gasteiger charge is -2.19. The van der Waals surface area contributed by atoms with E-state index in [1.165, 1.54) is 14.2 Å². The molecule has 0 saturated heterocycles. The number of carbonyl (C=O) groups is 4. The fourth-order valence-electron chi connectivity index (χ4n) is 1.42. The molecule has 0 saturated carbocycles. The molecule has 0 unspecified atom stereocenters. The van der Waals surface area contributed by atoms with Crippen molar-refractivity contribution in [2.24, 2.45) is 5.92 Å². The van der Waals surface area contributed by atoms with Crippen LogP contribution >= 0.6 is 0 Å². The van der Waals surface area contributed by atoms with Crippen LogP contribution in [0.15, 0.2) is 0 Å². The molecule has 0 bridgehead atoms. The Kier molecular flexibility index (Phi) is 12.8. The van der Waals surface area contributed by atoms with Gasteiger partial charge in [0.2, 0.25) is 0 Å². The SMILES string of the molecule is COC(=O)N[C@@H](C)CC(=O)O.COC(=O)N[C@H](CC(=O)O)C(C)C. The highest BCUT2D eigenvalue weighted by Crippen LogP contribution is 2.06. The second-order valence-electron chi connectivity index (χ2n) is 5.22. The maximum absolute atomic E-state index is 10.8. The highest BCUT2D eigenvalue weighted by atomic mass is 16.5. The zero-order valence-corrected chi connectivity index (χ0v) is 14.5. The first-order chi connectivity index (χ1) is 11.0. The molecule has 0 fully saturated rings. The van der Waals surface area contributed by atoms with Crippen LogP contribution in [0.5, 0.6) is 0 Å². The molecule has 140 valence electrons. The molecule has 0 rings (SSSR count). The number of alkyl carbamates (subject to hydrolysis) is 2. The molecule has 0 aliphatic carbocycles. The highest BCUT2D eigenvalue weighted by molar-refractivity contribution is 5.71. The topological polar surface area (TPSA) is 151 Å². The van der Waals surface area contributed by atoms with E-state index in [2.05, 4.69) is 20.1 Å². The van der Waals surface area contributed by atoms with Gasteiger partial charge in [0.05, 0.1) is 27.1 Å². The molecule has 0 heterocycles. The van der Waals surface area contributed by atoms with Crippen molar-refractivity contribution in [2.45, 2.75) is 45.7 Å². The summed E-state index contributed by atoms with van der Waals surface area (Å²) in [6.45, 7) is 5.26. The van der Waals surface area contributed by atoms with Gasteiger partial charge < -0.3 is 30.3 Å². The molecule has 10 heteroatoms. The largest absolute Gasteiger partial charge is 0.481 e. The summed E-state index contributed by atoms with van der Waals surface area (Å²) in [5, 5.41) is 21.6. The third-order valence-corrected chi connectivity index (χ3v) is 2.72. The lowest BCUT2D eigenvalue weighted by molar-refractivity contribution is -0.138.